The van der Waals surface area contributed by atoms with Gasteiger partial charge in [0, 0.05) is 6.54 Å². The van der Waals surface area contributed by atoms with Crippen LogP contribution in [-0.2, 0) is 11.2 Å². The van der Waals surface area contributed by atoms with E-state index in [1.165, 1.54) is 18.0 Å². The van der Waals surface area contributed by atoms with Crippen molar-refractivity contribution in [1.29, 1.82) is 0 Å². The fourth-order valence-corrected chi connectivity index (χ4v) is 4.17. The molecule has 9 nitrogen and oxygen atoms in total. The van der Waals surface area contributed by atoms with Crippen molar-refractivity contribution in [3.8, 4) is 17.2 Å². The van der Waals surface area contributed by atoms with Crippen LogP contribution in [0.2, 0.25) is 0 Å². The molecule has 176 valence electrons. The molecule has 2 N–H and O–H groups in total. The van der Waals surface area contributed by atoms with E-state index < -0.39 is 0 Å². The lowest BCUT2D eigenvalue weighted by molar-refractivity contribution is -0.118. The molecule has 2 aromatic carbocycles. The molecule has 2 aromatic heterocycles. The largest absolute Gasteiger partial charge is 0.493 e. The Morgan fingerprint density at radius 3 is 2.74 bits per heavy atom. The summed E-state index contributed by atoms with van der Waals surface area (Å²) in [6, 6.07) is 13.4. The number of fused-ring (bicyclic) bond motifs is 1. The molecule has 0 saturated carbocycles. The van der Waals surface area contributed by atoms with Gasteiger partial charge in [0.2, 0.25) is 5.91 Å². The number of ether oxygens (including phenoxy) is 2. The van der Waals surface area contributed by atoms with E-state index in [0.717, 1.165) is 16.8 Å². The topological polar surface area (TPSA) is 111 Å². The molecule has 0 aliphatic rings. The lowest BCUT2D eigenvalue weighted by Crippen LogP contribution is -2.27. The molecule has 10 heteroatoms. The van der Waals surface area contributed by atoms with Crippen LogP contribution in [0.1, 0.15) is 11.1 Å². The van der Waals surface area contributed by atoms with Crippen LogP contribution in [-0.4, -0.2) is 52.2 Å². The number of nitrogens with one attached hydrogen (secondary N) is 2. The summed E-state index contributed by atoms with van der Waals surface area (Å²) in [5, 5.41) is 7.97. The molecule has 0 aliphatic heterocycles. The van der Waals surface area contributed by atoms with Crippen LogP contribution in [0.25, 0.3) is 16.7 Å². The number of H-pyrrole nitrogens is 1. The molecule has 0 spiro atoms. The maximum atomic E-state index is 12.5. The minimum Gasteiger partial charge on any atom is -0.493 e. The smallest absolute Gasteiger partial charge is 0.262 e. The molecule has 2 heterocycles. The van der Waals surface area contributed by atoms with E-state index in [1.54, 1.807) is 18.9 Å². The third-order valence-corrected chi connectivity index (χ3v) is 6.06. The van der Waals surface area contributed by atoms with E-state index in [9.17, 15) is 9.59 Å². The molecule has 0 saturated heterocycles. The number of carbonyl (C=O) groups excluding carboxylic acids is 1. The molecule has 0 aliphatic carbocycles. The highest BCUT2D eigenvalue weighted by Crippen LogP contribution is 2.27. The van der Waals surface area contributed by atoms with Crippen molar-refractivity contribution >= 4 is 28.7 Å². The third-order valence-electron chi connectivity index (χ3n) is 5.19. The molecular weight excluding hydrogens is 454 g/mol. The van der Waals surface area contributed by atoms with Gasteiger partial charge >= 0.3 is 0 Å². The molecule has 4 rings (SSSR count). The van der Waals surface area contributed by atoms with Gasteiger partial charge in [-0.15, -0.1) is 0 Å². The molecule has 0 unspecified atom stereocenters. The number of nitrogens with zero attached hydrogens (tertiary/aromatic N) is 3. The van der Waals surface area contributed by atoms with Gasteiger partial charge in [-0.3, -0.25) is 9.59 Å². The molecule has 34 heavy (non-hydrogen) atoms. The molecule has 0 atom stereocenters. The van der Waals surface area contributed by atoms with Crippen molar-refractivity contribution in [2.75, 3.05) is 26.5 Å². The van der Waals surface area contributed by atoms with Crippen LogP contribution in [0.3, 0.4) is 0 Å². The Hall–Kier alpha value is -3.79. The standard InChI is InChI=1S/C24H25N5O4S/c1-15-5-4-6-17(11-15)29-22-18(13-26-29)23(31)28-24(27-22)34-14-21(30)25-10-9-16-7-8-19(32-2)20(12-16)33-3/h4-8,11-13H,9-10,14H2,1-3H3,(H,25,30)(H,27,28,31). The van der Waals surface area contributed by atoms with Crippen molar-refractivity contribution in [3.63, 3.8) is 0 Å². The summed E-state index contributed by atoms with van der Waals surface area (Å²) in [7, 11) is 3.18. The summed E-state index contributed by atoms with van der Waals surface area (Å²) in [5.74, 6) is 1.28. The van der Waals surface area contributed by atoms with Gasteiger partial charge in [0.25, 0.3) is 5.56 Å². The number of benzene rings is 2. The maximum Gasteiger partial charge on any atom is 0.262 e. The Kier molecular flexibility index (Phi) is 7.17. The minimum atomic E-state index is -0.291. The van der Waals surface area contributed by atoms with Gasteiger partial charge < -0.3 is 19.8 Å². The van der Waals surface area contributed by atoms with Crippen LogP contribution in [0.15, 0.2) is 58.6 Å². The van der Waals surface area contributed by atoms with E-state index in [1.807, 2.05) is 49.4 Å². The number of rotatable bonds is 9. The first-order valence-electron chi connectivity index (χ1n) is 10.6. The van der Waals surface area contributed by atoms with Gasteiger partial charge in [0.15, 0.2) is 22.3 Å². The molecule has 0 fully saturated rings. The lowest BCUT2D eigenvalue weighted by Gasteiger charge is -2.10. The van der Waals surface area contributed by atoms with Crippen molar-refractivity contribution in [2.24, 2.45) is 0 Å². The van der Waals surface area contributed by atoms with Gasteiger partial charge in [-0.2, -0.15) is 5.10 Å². The number of hydrogen-bond donors (Lipinski definition) is 2. The Morgan fingerprint density at radius 1 is 1.15 bits per heavy atom. The summed E-state index contributed by atoms with van der Waals surface area (Å²) >= 11 is 1.17. The highest BCUT2D eigenvalue weighted by molar-refractivity contribution is 7.99. The van der Waals surface area contributed by atoms with Crippen LogP contribution in [0, 0.1) is 6.92 Å². The average Bonchev–Trinajstić information content (AvgIpc) is 3.27. The zero-order valence-corrected chi connectivity index (χ0v) is 19.9. The van der Waals surface area contributed by atoms with Crippen molar-refractivity contribution in [2.45, 2.75) is 18.5 Å². The second kappa shape index (κ2) is 10.4. The highest BCUT2D eigenvalue weighted by atomic mass is 32.2. The summed E-state index contributed by atoms with van der Waals surface area (Å²) < 4.78 is 12.2. The SMILES string of the molecule is COc1ccc(CCNC(=O)CSc2nc3c(cnn3-c3cccc(C)c3)c(=O)[nH]2)cc1OC. The molecule has 0 bridgehead atoms. The molecule has 4 aromatic rings. The first kappa shape index (κ1) is 23.4. The maximum absolute atomic E-state index is 12.5. The van der Waals surface area contributed by atoms with Crippen molar-refractivity contribution in [3.05, 3.63) is 70.1 Å². The second-order valence-electron chi connectivity index (χ2n) is 7.58. The van der Waals surface area contributed by atoms with Gasteiger partial charge in [0.1, 0.15) is 5.39 Å². The second-order valence-corrected chi connectivity index (χ2v) is 8.55. The zero-order chi connectivity index (χ0) is 24.1. The Labute approximate surface area is 200 Å². The first-order valence-corrected chi connectivity index (χ1v) is 11.6. The van der Waals surface area contributed by atoms with E-state index in [0.29, 0.717) is 40.7 Å². The summed E-state index contributed by atoms with van der Waals surface area (Å²) in [6.45, 7) is 2.46. The summed E-state index contributed by atoms with van der Waals surface area (Å²) in [4.78, 5) is 32.1. The monoisotopic (exact) mass is 479 g/mol. The van der Waals surface area contributed by atoms with Crippen LogP contribution in [0.5, 0.6) is 11.5 Å². The zero-order valence-electron chi connectivity index (χ0n) is 19.1. The van der Waals surface area contributed by atoms with Crippen molar-refractivity contribution < 1.29 is 14.3 Å². The van der Waals surface area contributed by atoms with Crippen molar-refractivity contribution in [1.82, 2.24) is 25.1 Å². The Balaban J connectivity index is 1.38. The van der Waals surface area contributed by atoms with Gasteiger partial charge in [-0.05, 0) is 48.7 Å². The number of methoxy groups -OCH3 is 2. The Morgan fingerprint density at radius 2 is 1.97 bits per heavy atom. The molecule has 0 radical (unpaired) electrons. The molecular formula is C24H25N5O4S. The number of amides is 1. The quantitative estimate of drug-likeness (QED) is 0.280. The van der Waals surface area contributed by atoms with E-state index in [4.69, 9.17) is 9.47 Å². The predicted octanol–water partition coefficient (Wildman–Crippen LogP) is 2.89. The average molecular weight is 480 g/mol. The van der Waals surface area contributed by atoms with Gasteiger partial charge in [0.05, 0.1) is 31.9 Å². The van der Waals surface area contributed by atoms with E-state index in [2.05, 4.69) is 20.4 Å². The van der Waals surface area contributed by atoms with Gasteiger partial charge in [-0.1, -0.05) is 30.0 Å². The fraction of sp³-hybridized carbons (Fsp3) is 0.250. The van der Waals surface area contributed by atoms with Gasteiger partial charge in [-0.25, -0.2) is 9.67 Å². The lowest BCUT2D eigenvalue weighted by atomic mass is 10.1. The number of thioether (sulfide) groups is 1. The Bertz CT molecular complexity index is 1380. The first-order chi connectivity index (χ1) is 16.5. The number of aromatic nitrogens is 4. The van der Waals surface area contributed by atoms with E-state index >= 15 is 0 Å². The number of hydrogen-bond acceptors (Lipinski definition) is 7. The minimum absolute atomic E-state index is 0.124. The predicted molar refractivity (Wildman–Crippen MR) is 131 cm³/mol. The van der Waals surface area contributed by atoms with Crippen LogP contribution in [0.4, 0.5) is 0 Å². The van der Waals surface area contributed by atoms with E-state index in [-0.39, 0.29) is 17.2 Å². The normalized spacial score (nSPS) is 10.9. The molecule has 1 amide bonds. The highest BCUT2D eigenvalue weighted by Gasteiger charge is 2.13. The number of aryl methyl sites for hydroxylation is 1. The third kappa shape index (κ3) is 5.23. The fourth-order valence-electron chi connectivity index (χ4n) is 3.48. The van der Waals surface area contributed by atoms with Crippen LogP contribution >= 0.6 is 11.8 Å². The summed E-state index contributed by atoms with van der Waals surface area (Å²) in [5.41, 5.74) is 3.07. The van der Waals surface area contributed by atoms with Crippen LogP contribution < -0.4 is 20.3 Å². The number of aromatic amines is 1. The summed E-state index contributed by atoms with van der Waals surface area (Å²) in [6.07, 6.45) is 2.15. The number of carbonyl (C=O) groups is 1.